The lowest BCUT2D eigenvalue weighted by Crippen LogP contribution is -2.01. The van der Waals surface area contributed by atoms with Crippen LogP contribution >= 0.6 is 11.8 Å². The molecular formula is C22H21N3S. The minimum absolute atomic E-state index is 0.461. The van der Waals surface area contributed by atoms with Gasteiger partial charge in [0.15, 0.2) is 10.8 Å². The molecule has 2 aromatic carbocycles. The third kappa shape index (κ3) is 2.60. The Bertz CT molecular complexity index is 1110. The van der Waals surface area contributed by atoms with E-state index in [0.717, 1.165) is 22.2 Å². The van der Waals surface area contributed by atoms with Crippen molar-refractivity contribution in [3.63, 3.8) is 0 Å². The summed E-state index contributed by atoms with van der Waals surface area (Å²) < 4.78 is 2.24. The molecular weight excluding hydrogens is 338 g/mol. The predicted octanol–water partition coefficient (Wildman–Crippen LogP) is 5.95. The van der Waals surface area contributed by atoms with Crippen LogP contribution in [0.15, 0.2) is 59.9 Å². The van der Waals surface area contributed by atoms with Crippen molar-refractivity contribution in [2.24, 2.45) is 0 Å². The zero-order chi connectivity index (χ0) is 17.7. The summed E-state index contributed by atoms with van der Waals surface area (Å²) in [5.41, 5.74) is 4.54. The molecule has 26 heavy (non-hydrogen) atoms. The third-order valence-electron chi connectivity index (χ3n) is 4.92. The molecule has 0 radical (unpaired) electrons. The van der Waals surface area contributed by atoms with E-state index in [9.17, 15) is 0 Å². The molecule has 0 saturated heterocycles. The van der Waals surface area contributed by atoms with Crippen LogP contribution in [0, 0.1) is 0 Å². The smallest absolute Gasteiger partial charge is 0.175 e. The van der Waals surface area contributed by atoms with E-state index in [1.165, 1.54) is 34.9 Å². The molecule has 130 valence electrons. The van der Waals surface area contributed by atoms with Crippen molar-refractivity contribution in [2.45, 2.75) is 43.0 Å². The molecule has 0 bridgehead atoms. The summed E-state index contributed by atoms with van der Waals surface area (Å²) in [6.07, 6.45) is 4.48. The number of hydrogen-bond acceptors (Lipinski definition) is 3. The molecule has 1 saturated carbocycles. The van der Waals surface area contributed by atoms with E-state index in [1.807, 2.05) is 18.3 Å². The van der Waals surface area contributed by atoms with Crippen molar-refractivity contribution in [3.8, 4) is 5.69 Å². The van der Waals surface area contributed by atoms with Crippen LogP contribution < -0.4 is 0 Å². The summed E-state index contributed by atoms with van der Waals surface area (Å²) in [6, 6.07) is 17.3. The molecule has 0 aliphatic heterocycles. The summed E-state index contributed by atoms with van der Waals surface area (Å²) in [4.78, 5) is 9.52. The fourth-order valence-electron chi connectivity index (χ4n) is 3.65. The maximum atomic E-state index is 4.87. The second-order valence-corrected chi connectivity index (χ2v) is 8.78. The number of pyridine rings is 1. The summed E-state index contributed by atoms with van der Waals surface area (Å²) in [6.45, 7) is 4.41. The first-order valence-electron chi connectivity index (χ1n) is 9.24. The minimum atomic E-state index is 0.461. The molecule has 3 nitrogen and oxygen atoms in total. The molecule has 1 aliphatic carbocycles. The Balaban J connectivity index is 1.82. The Morgan fingerprint density at radius 3 is 2.58 bits per heavy atom. The summed E-state index contributed by atoms with van der Waals surface area (Å²) >= 11 is 1.79. The summed E-state index contributed by atoms with van der Waals surface area (Å²) in [5, 5.41) is 4.12. The van der Waals surface area contributed by atoms with Gasteiger partial charge in [0.2, 0.25) is 0 Å². The zero-order valence-corrected chi connectivity index (χ0v) is 15.8. The number of rotatable bonds is 4. The van der Waals surface area contributed by atoms with E-state index >= 15 is 0 Å². The molecule has 0 atom stereocenters. The largest absolute Gasteiger partial charge is 0.271 e. The molecule has 1 fully saturated rings. The van der Waals surface area contributed by atoms with Crippen LogP contribution in [-0.2, 0) is 0 Å². The Hall–Kier alpha value is -2.33. The number of benzene rings is 2. The highest BCUT2D eigenvalue weighted by Crippen LogP contribution is 2.44. The summed E-state index contributed by atoms with van der Waals surface area (Å²) in [5.74, 6) is 0.733. The quantitative estimate of drug-likeness (QED) is 0.422. The minimum Gasteiger partial charge on any atom is -0.271 e. The van der Waals surface area contributed by atoms with Crippen LogP contribution in [-0.4, -0.2) is 19.8 Å². The zero-order valence-electron chi connectivity index (χ0n) is 15.0. The van der Waals surface area contributed by atoms with E-state index in [2.05, 4.69) is 59.8 Å². The highest BCUT2D eigenvalue weighted by Gasteiger charge is 2.26. The van der Waals surface area contributed by atoms with Crippen molar-refractivity contribution < 1.29 is 0 Å². The third-order valence-corrected chi connectivity index (χ3v) is 5.88. The lowest BCUT2D eigenvalue weighted by atomic mass is 9.99. The normalized spacial score (nSPS) is 14.6. The van der Waals surface area contributed by atoms with Crippen molar-refractivity contribution in [2.75, 3.05) is 0 Å². The number of imidazole rings is 1. The number of fused-ring (bicyclic) bond motifs is 2. The molecule has 2 heterocycles. The van der Waals surface area contributed by atoms with Crippen LogP contribution in [0.4, 0.5) is 0 Å². The van der Waals surface area contributed by atoms with Crippen molar-refractivity contribution in [1.29, 1.82) is 0 Å². The van der Waals surface area contributed by atoms with Crippen molar-refractivity contribution in [1.82, 2.24) is 14.5 Å². The van der Waals surface area contributed by atoms with Gasteiger partial charge in [-0.05, 0) is 47.9 Å². The first-order chi connectivity index (χ1) is 12.7. The van der Waals surface area contributed by atoms with E-state index in [0.29, 0.717) is 5.25 Å². The average molecular weight is 359 g/mol. The van der Waals surface area contributed by atoms with Gasteiger partial charge in [-0.2, -0.15) is 0 Å². The Kier molecular flexibility index (Phi) is 3.75. The second-order valence-electron chi connectivity index (χ2n) is 7.24. The van der Waals surface area contributed by atoms with E-state index in [4.69, 9.17) is 4.98 Å². The summed E-state index contributed by atoms with van der Waals surface area (Å²) in [7, 11) is 0. The SMILES string of the molecule is CC(C)Sc1nc2cccnc2n1-c1ccc(C2CC2)c2ccccc12. The molecule has 4 heteroatoms. The molecule has 4 aromatic rings. The van der Waals surface area contributed by atoms with Crippen LogP contribution in [0.5, 0.6) is 0 Å². The molecule has 0 N–H and O–H groups in total. The average Bonchev–Trinajstić information content (AvgIpc) is 3.42. The van der Waals surface area contributed by atoms with Crippen molar-refractivity contribution in [3.05, 3.63) is 60.3 Å². The molecule has 0 spiro atoms. The fraction of sp³-hybridized carbons (Fsp3) is 0.273. The van der Waals surface area contributed by atoms with Gasteiger partial charge in [0.25, 0.3) is 0 Å². The Morgan fingerprint density at radius 1 is 1.00 bits per heavy atom. The van der Waals surface area contributed by atoms with Gasteiger partial charge >= 0.3 is 0 Å². The first kappa shape index (κ1) is 15.9. The standard InChI is InChI=1S/C22H21N3S/c1-14(2)26-22-24-19-8-5-13-23-21(19)25(22)20-12-11-16(15-9-10-15)17-6-3-4-7-18(17)20/h3-8,11-15H,9-10H2,1-2H3. The topological polar surface area (TPSA) is 30.7 Å². The van der Waals surface area contributed by atoms with Crippen LogP contribution in [0.2, 0.25) is 0 Å². The molecule has 0 amide bonds. The van der Waals surface area contributed by atoms with E-state index < -0.39 is 0 Å². The Labute approximate surface area is 157 Å². The highest BCUT2D eigenvalue weighted by atomic mass is 32.2. The number of aromatic nitrogens is 3. The number of nitrogens with zero attached hydrogens (tertiary/aromatic N) is 3. The van der Waals surface area contributed by atoms with E-state index in [-0.39, 0.29) is 0 Å². The van der Waals surface area contributed by atoms with Crippen molar-refractivity contribution >= 4 is 33.7 Å². The van der Waals surface area contributed by atoms with Crippen LogP contribution in [0.1, 0.15) is 38.2 Å². The monoisotopic (exact) mass is 359 g/mol. The van der Waals surface area contributed by atoms with Gasteiger partial charge in [-0.1, -0.05) is 55.9 Å². The maximum absolute atomic E-state index is 4.87. The van der Waals surface area contributed by atoms with Gasteiger partial charge in [0, 0.05) is 16.8 Å². The lowest BCUT2D eigenvalue weighted by Gasteiger charge is -2.15. The van der Waals surface area contributed by atoms with Gasteiger partial charge < -0.3 is 0 Å². The number of thioether (sulfide) groups is 1. The highest BCUT2D eigenvalue weighted by molar-refractivity contribution is 7.99. The van der Waals surface area contributed by atoms with Gasteiger partial charge in [-0.3, -0.25) is 4.57 Å². The molecule has 1 aliphatic rings. The fourth-order valence-corrected chi connectivity index (χ4v) is 4.51. The Morgan fingerprint density at radius 2 is 1.81 bits per heavy atom. The van der Waals surface area contributed by atoms with Gasteiger partial charge in [0.05, 0.1) is 5.69 Å². The predicted molar refractivity (Wildman–Crippen MR) is 109 cm³/mol. The van der Waals surface area contributed by atoms with Gasteiger partial charge in [-0.25, -0.2) is 9.97 Å². The molecule has 0 unspecified atom stereocenters. The number of hydrogen-bond donors (Lipinski definition) is 0. The van der Waals surface area contributed by atoms with Gasteiger partial charge in [0.1, 0.15) is 5.52 Å². The van der Waals surface area contributed by atoms with Crippen LogP contribution in [0.25, 0.3) is 27.6 Å². The lowest BCUT2D eigenvalue weighted by molar-refractivity contribution is 0.906. The second kappa shape index (κ2) is 6.13. The molecule has 5 rings (SSSR count). The van der Waals surface area contributed by atoms with Gasteiger partial charge in [-0.15, -0.1) is 0 Å². The molecule has 2 aromatic heterocycles. The maximum Gasteiger partial charge on any atom is 0.175 e. The van der Waals surface area contributed by atoms with E-state index in [1.54, 1.807) is 11.8 Å². The van der Waals surface area contributed by atoms with Crippen LogP contribution in [0.3, 0.4) is 0 Å². The first-order valence-corrected chi connectivity index (χ1v) is 10.1.